The Morgan fingerprint density at radius 1 is 1.00 bits per heavy atom. The van der Waals surface area contributed by atoms with E-state index in [0.29, 0.717) is 12.8 Å². The maximum Gasteiger partial charge on any atom is 0.224 e. The monoisotopic (exact) mass is 432 g/mol. The molecule has 1 N–H and O–H groups in total. The molecular weight excluding hydrogens is 396 g/mol. The van der Waals surface area contributed by atoms with Crippen LogP contribution >= 0.6 is 0 Å². The lowest BCUT2D eigenvalue weighted by atomic mass is 9.76. The first kappa shape index (κ1) is 22.7. The number of hydrogen-bond acceptors (Lipinski definition) is 3. The van der Waals surface area contributed by atoms with E-state index in [1.54, 1.807) is 0 Å². The zero-order valence-electron chi connectivity index (χ0n) is 19.6. The fourth-order valence-corrected chi connectivity index (χ4v) is 5.33. The highest BCUT2D eigenvalue weighted by atomic mass is 16.1. The first-order valence-electron chi connectivity index (χ1n) is 12.3. The second-order valence-electron chi connectivity index (χ2n) is 9.50. The van der Waals surface area contributed by atoms with Gasteiger partial charge in [0.25, 0.3) is 0 Å². The highest BCUT2D eigenvalue weighted by Crippen LogP contribution is 2.37. The molecule has 4 heteroatoms. The minimum atomic E-state index is 0.0286. The standard InChI is InChI=1S/C28H36N2O2/c1-3-4-5-9-16-30(18-21-10-7-6-8-11-21)19-22-12-13-23-20(2)17-25-24(27(23)28(22)32)14-15-26(31)29-25/h6-8,10-11,17,22H,3-5,9,12-16,18-19H2,1-2H3,(H,29,31). The van der Waals surface area contributed by atoms with E-state index in [1.807, 2.05) is 0 Å². The number of Topliss-reactive ketones (excluding diaryl/α,β-unsaturated/α-hetero) is 1. The highest BCUT2D eigenvalue weighted by molar-refractivity contribution is 6.05. The van der Waals surface area contributed by atoms with E-state index >= 15 is 0 Å². The molecule has 4 rings (SSSR count). The number of carbonyl (C=O) groups is 2. The van der Waals surface area contributed by atoms with E-state index in [4.69, 9.17) is 0 Å². The molecule has 2 aromatic rings. The van der Waals surface area contributed by atoms with E-state index in [9.17, 15) is 9.59 Å². The Kier molecular flexibility index (Phi) is 7.41. The normalized spacial score (nSPS) is 17.8. The van der Waals surface area contributed by atoms with Crippen LogP contribution in [0, 0.1) is 12.8 Å². The minimum absolute atomic E-state index is 0.0286. The Morgan fingerprint density at radius 3 is 2.59 bits per heavy atom. The van der Waals surface area contributed by atoms with Crippen molar-refractivity contribution in [2.24, 2.45) is 5.92 Å². The quantitative estimate of drug-likeness (QED) is 0.517. The van der Waals surface area contributed by atoms with Crippen molar-refractivity contribution < 1.29 is 9.59 Å². The van der Waals surface area contributed by atoms with Gasteiger partial charge in [0, 0.05) is 36.7 Å². The average molecular weight is 433 g/mol. The Labute approximate surface area is 192 Å². The fraction of sp³-hybridized carbons (Fsp3) is 0.500. The summed E-state index contributed by atoms with van der Waals surface area (Å²) in [5.41, 5.74) is 6.49. The van der Waals surface area contributed by atoms with Gasteiger partial charge in [0.1, 0.15) is 0 Å². The summed E-state index contributed by atoms with van der Waals surface area (Å²) >= 11 is 0. The lowest BCUT2D eigenvalue weighted by Gasteiger charge is -2.33. The van der Waals surface area contributed by atoms with Crippen molar-refractivity contribution in [2.45, 2.75) is 71.8 Å². The van der Waals surface area contributed by atoms with Crippen LogP contribution in [0.1, 0.15) is 78.1 Å². The highest BCUT2D eigenvalue weighted by Gasteiger charge is 2.34. The van der Waals surface area contributed by atoms with E-state index in [1.165, 1.54) is 36.8 Å². The number of nitrogens with one attached hydrogen (secondary N) is 1. The SMILES string of the molecule is CCCCCCN(Cc1ccccc1)CC1CCc2c(C)cc3c(c2C1=O)CCC(=O)N3. The molecule has 0 radical (unpaired) electrons. The van der Waals surface area contributed by atoms with Crippen LogP contribution in [0.3, 0.4) is 0 Å². The van der Waals surface area contributed by atoms with Crippen molar-refractivity contribution in [1.82, 2.24) is 4.90 Å². The number of nitrogens with zero attached hydrogens (tertiary/aromatic N) is 1. The van der Waals surface area contributed by atoms with Gasteiger partial charge < -0.3 is 5.32 Å². The largest absolute Gasteiger partial charge is 0.326 e. The van der Waals surface area contributed by atoms with Gasteiger partial charge in [-0.25, -0.2) is 0 Å². The van der Waals surface area contributed by atoms with Crippen molar-refractivity contribution in [3.63, 3.8) is 0 Å². The second-order valence-corrected chi connectivity index (χ2v) is 9.50. The van der Waals surface area contributed by atoms with Gasteiger partial charge in [-0.05, 0) is 67.5 Å². The number of aryl methyl sites for hydroxylation is 1. The fourth-order valence-electron chi connectivity index (χ4n) is 5.33. The summed E-state index contributed by atoms with van der Waals surface area (Å²) < 4.78 is 0. The van der Waals surface area contributed by atoms with Gasteiger partial charge in [-0.15, -0.1) is 0 Å². The van der Waals surface area contributed by atoms with Gasteiger partial charge in [0.15, 0.2) is 5.78 Å². The molecule has 1 amide bonds. The number of fused-ring (bicyclic) bond motifs is 3. The van der Waals surface area contributed by atoms with Crippen LogP contribution in [0.25, 0.3) is 0 Å². The van der Waals surface area contributed by atoms with Crippen molar-refractivity contribution in [1.29, 1.82) is 0 Å². The lowest BCUT2D eigenvalue weighted by Crippen LogP contribution is -2.37. The number of rotatable bonds is 9. The minimum Gasteiger partial charge on any atom is -0.326 e. The third-order valence-corrected chi connectivity index (χ3v) is 7.06. The maximum absolute atomic E-state index is 13.7. The Morgan fingerprint density at radius 2 is 1.81 bits per heavy atom. The molecule has 4 nitrogen and oxygen atoms in total. The molecule has 0 aromatic heterocycles. The number of amides is 1. The van der Waals surface area contributed by atoms with Crippen LogP contribution in [0.4, 0.5) is 5.69 Å². The zero-order chi connectivity index (χ0) is 22.5. The van der Waals surface area contributed by atoms with Gasteiger partial charge in [-0.2, -0.15) is 0 Å². The molecular formula is C28H36N2O2. The lowest BCUT2D eigenvalue weighted by molar-refractivity contribution is -0.116. The molecule has 1 aliphatic heterocycles. The first-order chi connectivity index (χ1) is 15.6. The van der Waals surface area contributed by atoms with Crippen LogP contribution in [-0.4, -0.2) is 29.7 Å². The first-order valence-corrected chi connectivity index (χ1v) is 12.3. The summed E-state index contributed by atoms with van der Waals surface area (Å²) in [5.74, 6) is 0.368. The molecule has 1 unspecified atom stereocenters. The Bertz CT molecular complexity index is 967. The van der Waals surface area contributed by atoms with Crippen molar-refractivity contribution >= 4 is 17.4 Å². The molecule has 0 fully saturated rings. The molecule has 0 saturated carbocycles. The van der Waals surface area contributed by atoms with Gasteiger partial charge in [0.05, 0.1) is 0 Å². The molecule has 1 aliphatic carbocycles. The molecule has 0 spiro atoms. The summed E-state index contributed by atoms with van der Waals surface area (Å²) in [6.07, 6.45) is 7.94. The number of hydrogen-bond donors (Lipinski definition) is 1. The number of benzene rings is 2. The summed E-state index contributed by atoms with van der Waals surface area (Å²) in [7, 11) is 0. The maximum atomic E-state index is 13.7. The Balaban J connectivity index is 1.54. The third-order valence-electron chi connectivity index (χ3n) is 7.06. The summed E-state index contributed by atoms with van der Waals surface area (Å²) in [4.78, 5) is 28.2. The molecule has 0 saturated heterocycles. The molecule has 2 aliphatic rings. The molecule has 2 aromatic carbocycles. The van der Waals surface area contributed by atoms with Crippen molar-refractivity contribution in [3.05, 3.63) is 64.2 Å². The van der Waals surface area contributed by atoms with Gasteiger partial charge in [0.2, 0.25) is 5.91 Å². The van der Waals surface area contributed by atoms with Crippen LogP contribution < -0.4 is 5.32 Å². The number of unbranched alkanes of at least 4 members (excludes halogenated alkanes) is 3. The topological polar surface area (TPSA) is 49.4 Å². The predicted molar refractivity (Wildman–Crippen MR) is 130 cm³/mol. The number of ketones is 1. The molecule has 32 heavy (non-hydrogen) atoms. The van der Waals surface area contributed by atoms with Crippen LogP contribution in [0.15, 0.2) is 36.4 Å². The molecule has 1 heterocycles. The van der Waals surface area contributed by atoms with E-state index in [-0.39, 0.29) is 17.6 Å². The summed E-state index contributed by atoms with van der Waals surface area (Å²) in [5, 5.41) is 3.00. The average Bonchev–Trinajstić information content (AvgIpc) is 2.79. The third kappa shape index (κ3) is 5.12. The van der Waals surface area contributed by atoms with Gasteiger partial charge >= 0.3 is 0 Å². The summed E-state index contributed by atoms with van der Waals surface area (Å²) in [6.45, 7) is 7.06. The second kappa shape index (κ2) is 10.4. The summed E-state index contributed by atoms with van der Waals surface area (Å²) in [6, 6.07) is 12.7. The van der Waals surface area contributed by atoms with Gasteiger partial charge in [-0.1, -0.05) is 56.5 Å². The number of carbonyl (C=O) groups excluding carboxylic acids is 2. The van der Waals surface area contributed by atoms with Crippen molar-refractivity contribution in [2.75, 3.05) is 18.4 Å². The molecule has 1 atom stereocenters. The molecule has 0 bridgehead atoms. The van der Waals surface area contributed by atoms with E-state index in [0.717, 1.165) is 54.9 Å². The van der Waals surface area contributed by atoms with Crippen LogP contribution in [0.5, 0.6) is 0 Å². The smallest absolute Gasteiger partial charge is 0.224 e. The van der Waals surface area contributed by atoms with Gasteiger partial charge in [-0.3, -0.25) is 14.5 Å². The van der Waals surface area contributed by atoms with E-state index < -0.39 is 0 Å². The van der Waals surface area contributed by atoms with Crippen LogP contribution in [-0.2, 0) is 24.2 Å². The van der Waals surface area contributed by atoms with Crippen LogP contribution in [0.2, 0.25) is 0 Å². The predicted octanol–water partition coefficient (Wildman–Crippen LogP) is 5.71. The molecule has 170 valence electrons. The zero-order valence-corrected chi connectivity index (χ0v) is 19.6. The number of anilines is 1. The van der Waals surface area contributed by atoms with Crippen molar-refractivity contribution in [3.8, 4) is 0 Å². The van der Waals surface area contributed by atoms with E-state index in [2.05, 4.69) is 60.5 Å². The Hall–Kier alpha value is -2.46.